The zero-order chi connectivity index (χ0) is 13.0. The van der Waals surface area contributed by atoms with Crippen molar-refractivity contribution in [2.45, 2.75) is 12.5 Å². The minimum atomic E-state index is -1.71. The lowest BCUT2D eigenvalue weighted by Gasteiger charge is -2.18. The van der Waals surface area contributed by atoms with Gasteiger partial charge in [0.25, 0.3) is 0 Å². The molecule has 1 aliphatic heterocycles. The Hall–Kier alpha value is -1.69. The van der Waals surface area contributed by atoms with Crippen LogP contribution in [-0.2, 0) is 14.4 Å². The molecule has 0 aromatic carbocycles. The molecule has 0 spiro atoms. The first-order valence-corrected chi connectivity index (χ1v) is 5.95. The topological polar surface area (TPSA) is 94.9 Å². The Morgan fingerprint density at radius 2 is 1.78 bits per heavy atom. The molecular formula is C12H13NO5. The highest BCUT2D eigenvalue weighted by molar-refractivity contribution is 6.06. The van der Waals surface area contributed by atoms with Gasteiger partial charge in [-0.15, -0.1) is 0 Å². The van der Waals surface area contributed by atoms with E-state index >= 15 is 0 Å². The number of carboxylic acid groups (broad SMARTS) is 1. The van der Waals surface area contributed by atoms with Gasteiger partial charge >= 0.3 is 5.97 Å². The maximum atomic E-state index is 12.1. The molecule has 96 valence electrons. The van der Waals surface area contributed by atoms with Crippen LogP contribution >= 0.6 is 0 Å². The number of amides is 2. The Bertz CT molecular complexity index is 441. The highest BCUT2D eigenvalue weighted by Gasteiger charge is 2.59. The number of carboxylic acids is 1. The zero-order valence-corrected chi connectivity index (χ0v) is 9.52. The van der Waals surface area contributed by atoms with Crippen LogP contribution < -0.4 is 0 Å². The van der Waals surface area contributed by atoms with Crippen molar-refractivity contribution in [2.24, 2.45) is 23.7 Å². The number of imide groups is 1. The van der Waals surface area contributed by atoms with Crippen LogP contribution in [0, 0.1) is 23.7 Å². The molecule has 6 nitrogen and oxygen atoms in total. The van der Waals surface area contributed by atoms with Crippen molar-refractivity contribution < 1.29 is 24.6 Å². The summed E-state index contributed by atoms with van der Waals surface area (Å²) in [4.78, 5) is 35.7. The number of carbonyl (C=O) groups excluding carboxylic acids is 2. The lowest BCUT2D eigenvalue weighted by molar-refractivity contribution is -0.151. The molecule has 18 heavy (non-hydrogen) atoms. The van der Waals surface area contributed by atoms with Gasteiger partial charge in [-0.1, -0.05) is 12.2 Å². The average Bonchev–Trinajstić information content (AvgIpc) is 2.98. The molecule has 2 fully saturated rings. The number of carbonyl (C=O) groups is 3. The SMILES string of the molecule is O=C(O)C(O)CN1C(=O)C2C3C=CC(C3)C2C1=O. The average molecular weight is 251 g/mol. The Morgan fingerprint density at radius 3 is 2.22 bits per heavy atom. The highest BCUT2D eigenvalue weighted by Crippen LogP contribution is 2.52. The molecular weight excluding hydrogens is 238 g/mol. The number of hydrogen-bond acceptors (Lipinski definition) is 4. The van der Waals surface area contributed by atoms with Crippen molar-refractivity contribution in [2.75, 3.05) is 6.54 Å². The van der Waals surface area contributed by atoms with Gasteiger partial charge in [-0.25, -0.2) is 4.79 Å². The van der Waals surface area contributed by atoms with Crippen LogP contribution in [0.15, 0.2) is 12.2 Å². The van der Waals surface area contributed by atoms with Crippen LogP contribution in [0.1, 0.15) is 6.42 Å². The van der Waals surface area contributed by atoms with Crippen molar-refractivity contribution in [1.29, 1.82) is 0 Å². The number of aliphatic hydroxyl groups is 1. The quantitative estimate of drug-likeness (QED) is 0.508. The summed E-state index contributed by atoms with van der Waals surface area (Å²) in [6, 6.07) is 0. The van der Waals surface area contributed by atoms with Crippen molar-refractivity contribution in [3.63, 3.8) is 0 Å². The van der Waals surface area contributed by atoms with Crippen LogP contribution in [0.4, 0.5) is 0 Å². The number of rotatable bonds is 3. The van der Waals surface area contributed by atoms with E-state index in [1.807, 2.05) is 12.2 Å². The molecule has 1 saturated heterocycles. The fourth-order valence-corrected chi connectivity index (χ4v) is 3.40. The highest BCUT2D eigenvalue weighted by atomic mass is 16.4. The van der Waals surface area contributed by atoms with Crippen LogP contribution in [0.25, 0.3) is 0 Å². The van der Waals surface area contributed by atoms with Gasteiger partial charge in [0.15, 0.2) is 6.10 Å². The molecule has 0 aromatic heterocycles. The third-order valence-corrected chi connectivity index (χ3v) is 4.20. The number of nitrogens with zero attached hydrogens (tertiary/aromatic N) is 1. The normalized spacial score (nSPS) is 38.4. The summed E-state index contributed by atoms with van der Waals surface area (Å²) >= 11 is 0. The van der Waals surface area contributed by atoms with Crippen molar-refractivity contribution in [1.82, 2.24) is 4.90 Å². The Kier molecular flexibility index (Phi) is 2.31. The van der Waals surface area contributed by atoms with Crippen molar-refractivity contribution in [3.05, 3.63) is 12.2 Å². The van der Waals surface area contributed by atoms with E-state index in [-0.39, 0.29) is 35.5 Å². The summed E-state index contributed by atoms with van der Waals surface area (Å²) in [5, 5.41) is 17.9. The minimum Gasteiger partial charge on any atom is -0.479 e. The van der Waals surface area contributed by atoms with Crippen LogP contribution in [0.2, 0.25) is 0 Å². The fraction of sp³-hybridized carbons (Fsp3) is 0.583. The number of β-amino-alcohol motifs (C(OH)–C–C–N with tert-alkyl or cyclic N) is 1. The Morgan fingerprint density at radius 1 is 1.28 bits per heavy atom. The number of aliphatic carboxylic acids is 1. The zero-order valence-electron chi connectivity index (χ0n) is 9.52. The summed E-state index contributed by atoms with van der Waals surface area (Å²) in [7, 11) is 0. The lowest BCUT2D eigenvalue weighted by Crippen LogP contribution is -2.41. The second-order valence-corrected chi connectivity index (χ2v) is 5.14. The van der Waals surface area contributed by atoms with Gasteiger partial charge in [0.2, 0.25) is 11.8 Å². The molecule has 3 rings (SSSR count). The van der Waals surface area contributed by atoms with E-state index < -0.39 is 18.6 Å². The number of fused-ring (bicyclic) bond motifs is 5. The van der Waals surface area contributed by atoms with Gasteiger partial charge < -0.3 is 10.2 Å². The first-order chi connectivity index (χ1) is 8.50. The summed E-state index contributed by atoms with van der Waals surface area (Å²) in [6.45, 7) is -0.445. The summed E-state index contributed by atoms with van der Waals surface area (Å²) in [6.07, 6.45) is 3.06. The van der Waals surface area contributed by atoms with E-state index in [2.05, 4.69) is 0 Å². The maximum absolute atomic E-state index is 12.1. The van der Waals surface area contributed by atoms with Gasteiger partial charge in [-0.05, 0) is 18.3 Å². The standard InChI is InChI=1S/C12H13NO5/c14-7(12(17)18)4-13-10(15)8-5-1-2-6(3-5)9(8)11(13)16/h1-2,5-9,14H,3-4H2,(H,17,18). The summed E-state index contributed by atoms with van der Waals surface area (Å²) in [5.41, 5.74) is 0. The molecule has 6 heteroatoms. The lowest BCUT2D eigenvalue weighted by atomic mass is 9.85. The van der Waals surface area contributed by atoms with Crippen LogP contribution in [0.5, 0.6) is 0 Å². The van der Waals surface area contributed by atoms with Crippen molar-refractivity contribution >= 4 is 17.8 Å². The van der Waals surface area contributed by atoms with E-state index in [0.29, 0.717) is 0 Å². The van der Waals surface area contributed by atoms with Gasteiger partial charge in [0.1, 0.15) is 0 Å². The number of likely N-dealkylation sites (tertiary alicyclic amines) is 1. The molecule has 5 atom stereocenters. The third-order valence-electron chi connectivity index (χ3n) is 4.20. The number of allylic oxidation sites excluding steroid dienone is 2. The monoisotopic (exact) mass is 251 g/mol. The molecule has 0 radical (unpaired) electrons. The van der Waals surface area contributed by atoms with Gasteiger partial charge in [0.05, 0.1) is 18.4 Å². The molecule has 1 heterocycles. The smallest absolute Gasteiger partial charge is 0.334 e. The van der Waals surface area contributed by atoms with Gasteiger partial charge in [-0.2, -0.15) is 0 Å². The van der Waals surface area contributed by atoms with Crippen molar-refractivity contribution in [3.8, 4) is 0 Å². The van der Waals surface area contributed by atoms with Crippen LogP contribution in [-0.4, -0.2) is 45.5 Å². The second-order valence-electron chi connectivity index (χ2n) is 5.14. The van der Waals surface area contributed by atoms with E-state index in [4.69, 9.17) is 5.11 Å². The third kappa shape index (κ3) is 1.35. The first kappa shape index (κ1) is 11.4. The molecule has 0 aromatic rings. The number of aliphatic hydroxyl groups excluding tert-OH is 1. The predicted octanol–water partition coefficient (Wildman–Crippen LogP) is -0.761. The molecule has 1 saturated carbocycles. The Balaban J connectivity index is 1.82. The minimum absolute atomic E-state index is 0.100. The fourth-order valence-electron chi connectivity index (χ4n) is 3.40. The second kappa shape index (κ2) is 3.65. The molecule has 2 N–H and O–H groups in total. The van der Waals surface area contributed by atoms with Gasteiger partial charge in [0, 0.05) is 0 Å². The molecule has 2 amide bonds. The molecule has 3 aliphatic rings. The van der Waals surface area contributed by atoms with E-state index in [1.165, 1.54) is 0 Å². The van der Waals surface area contributed by atoms with E-state index in [1.54, 1.807) is 0 Å². The first-order valence-electron chi connectivity index (χ1n) is 5.95. The molecule has 2 bridgehead atoms. The van der Waals surface area contributed by atoms with Gasteiger partial charge in [-0.3, -0.25) is 14.5 Å². The summed E-state index contributed by atoms with van der Waals surface area (Å²) < 4.78 is 0. The molecule has 5 unspecified atom stereocenters. The number of hydrogen-bond donors (Lipinski definition) is 2. The predicted molar refractivity (Wildman–Crippen MR) is 58.1 cm³/mol. The Labute approximate surface area is 103 Å². The molecule has 2 aliphatic carbocycles. The summed E-state index contributed by atoms with van der Waals surface area (Å²) in [5.74, 6) is -2.56. The maximum Gasteiger partial charge on any atom is 0.334 e. The van der Waals surface area contributed by atoms with E-state index in [0.717, 1.165) is 11.3 Å². The largest absolute Gasteiger partial charge is 0.479 e. The van der Waals surface area contributed by atoms with E-state index in [9.17, 15) is 19.5 Å². The van der Waals surface area contributed by atoms with Crippen LogP contribution in [0.3, 0.4) is 0 Å².